The van der Waals surface area contributed by atoms with Crippen LogP contribution < -0.4 is 0 Å². The molecule has 0 spiro atoms. The van der Waals surface area contributed by atoms with Crippen LogP contribution in [0.4, 0.5) is 0 Å². The van der Waals surface area contributed by atoms with Crippen molar-refractivity contribution in [2.75, 3.05) is 0 Å². The Hall–Kier alpha value is -1.20. The molecule has 17 heavy (non-hydrogen) atoms. The summed E-state index contributed by atoms with van der Waals surface area (Å²) in [4.78, 5) is 17.1. The molecule has 0 aliphatic carbocycles. The number of aromatic nitrogens is 1. The van der Waals surface area contributed by atoms with Crippen LogP contribution in [0.25, 0.3) is 9.88 Å². The van der Waals surface area contributed by atoms with Crippen molar-refractivity contribution >= 4 is 28.6 Å². The molecule has 0 fully saturated rings. The third kappa shape index (κ3) is 3.14. The van der Waals surface area contributed by atoms with E-state index in [0.717, 1.165) is 9.88 Å². The van der Waals surface area contributed by atoms with Crippen LogP contribution in [0.2, 0.25) is 0 Å². The zero-order chi connectivity index (χ0) is 12.5. The van der Waals surface area contributed by atoms with Gasteiger partial charge in [0.15, 0.2) is 5.69 Å². The van der Waals surface area contributed by atoms with Gasteiger partial charge in [-0.05, 0) is 32.2 Å². The Bertz CT molecular complexity index is 509. The van der Waals surface area contributed by atoms with Gasteiger partial charge < -0.3 is 4.74 Å². The molecule has 5 heteroatoms. The van der Waals surface area contributed by atoms with Crippen molar-refractivity contribution in [2.45, 2.75) is 26.4 Å². The molecule has 0 radical (unpaired) electrons. The lowest BCUT2D eigenvalue weighted by atomic mass is 10.2. The van der Waals surface area contributed by atoms with Gasteiger partial charge in [-0.3, -0.25) is 0 Å². The van der Waals surface area contributed by atoms with Gasteiger partial charge >= 0.3 is 5.97 Å². The molecule has 0 saturated carbocycles. The fourth-order valence-corrected chi connectivity index (χ4v) is 2.81. The van der Waals surface area contributed by atoms with Gasteiger partial charge in [0.2, 0.25) is 0 Å². The summed E-state index contributed by atoms with van der Waals surface area (Å²) in [6.45, 7) is 5.53. The summed E-state index contributed by atoms with van der Waals surface area (Å²) >= 11 is 3.07. The number of ether oxygens (including phenoxy) is 1. The Morgan fingerprint density at radius 3 is 2.71 bits per heavy atom. The van der Waals surface area contributed by atoms with E-state index >= 15 is 0 Å². The van der Waals surface area contributed by atoms with Crippen LogP contribution in [0, 0.1) is 0 Å². The Morgan fingerprint density at radius 1 is 1.35 bits per heavy atom. The number of carbonyl (C=O) groups is 1. The summed E-state index contributed by atoms with van der Waals surface area (Å²) in [5.74, 6) is -0.364. The maximum Gasteiger partial charge on any atom is 0.358 e. The number of thiophene rings is 1. The summed E-state index contributed by atoms with van der Waals surface area (Å²) in [6, 6.07) is 3.96. The van der Waals surface area contributed by atoms with E-state index in [2.05, 4.69) is 4.98 Å². The van der Waals surface area contributed by atoms with Crippen molar-refractivity contribution in [1.29, 1.82) is 0 Å². The van der Waals surface area contributed by atoms with E-state index in [1.54, 1.807) is 16.7 Å². The summed E-state index contributed by atoms with van der Waals surface area (Å²) in [7, 11) is 0. The van der Waals surface area contributed by atoms with E-state index in [1.807, 2.05) is 38.3 Å². The van der Waals surface area contributed by atoms with Crippen LogP contribution in [0.3, 0.4) is 0 Å². The highest BCUT2D eigenvalue weighted by atomic mass is 32.1. The van der Waals surface area contributed by atoms with Crippen LogP contribution in [0.1, 0.15) is 31.3 Å². The molecule has 2 aromatic heterocycles. The van der Waals surface area contributed by atoms with Crippen LogP contribution in [0.5, 0.6) is 0 Å². The molecule has 2 rings (SSSR count). The van der Waals surface area contributed by atoms with Crippen LogP contribution in [-0.4, -0.2) is 16.6 Å². The Labute approximate surface area is 108 Å². The highest BCUT2D eigenvalue weighted by molar-refractivity contribution is 7.20. The van der Waals surface area contributed by atoms with Crippen molar-refractivity contribution in [1.82, 2.24) is 4.98 Å². The number of rotatable bonds is 2. The van der Waals surface area contributed by atoms with Crippen LogP contribution >= 0.6 is 22.7 Å². The molecular weight excluding hydrogens is 254 g/mol. The predicted octanol–water partition coefficient (Wildman–Crippen LogP) is 3.83. The standard InChI is InChI=1S/C12H13NO2S2/c1-12(2,3)15-11(14)8-7-17-10(13-8)9-5-4-6-16-9/h4-7H,1-3H3. The highest BCUT2D eigenvalue weighted by Gasteiger charge is 2.20. The van der Waals surface area contributed by atoms with Gasteiger partial charge in [0.05, 0.1) is 4.88 Å². The first-order valence-corrected chi connectivity index (χ1v) is 6.94. The lowest BCUT2D eigenvalue weighted by Crippen LogP contribution is -2.24. The number of thiazole rings is 1. The molecule has 0 bridgehead atoms. The summed E-state index contributed by atoms with van der Waals surface area (Å²) in [6.07, 6.45) is 0. The molecule has 0 unspecified atom stereocenters. The number of hydrogen-bond donors (Lipinski definition) is 0. The average molecular weight is 267 g/mol. The number of hydrogen-bond acceptors (Lipinski definition) is 5. The number of nitrogens with zero attached hydrogens (tertiary/aromatic N) is 1. The molecule has 3 nitrogen and oxygen atoms in total. The molecule has 0 aromatic carbocycles. The predicted molar refractivity (Wildman–Crippen MR) is 70.6 cm³/mol. The number of carbonyl (C=O) groups excluding carboxylic acids is 1. The first kappa shape index (κ1) is 12.3. The van der Waals surface area contributed by atoms with Crippen LogP contribution in [-0.2, 0) is 4.74 Å². The van der Waals surface area contributed by atoms with Gasteiger partial charge in [-0.2, -0.15) is 0 Å². The third-order valence-corrected chi connectivity index (χ3v) is 3.73. The Balaban J connectivity index is 2.16. The van der Waals surface area contributed by atoms with E-state index in [-0.39, 0.29) is 5.97 Å². The largest absolute Gasteiger partial charge is 0.455 e. The molecule has 0 atom stereocenters. The van der Waals surface area contributed by atoms with Crippen molar-refractivity contribution in [3.63, 3.8) is 0 Å². The van der Waals surface area contributed by atoms with Crippen molar-refractivity contribution in [3.05, 3.63) is 28.6 Å². The van der Waals surface area contributed by atoms with Crippen molar-refractivity contribution < 1.29 is 9.53 Å². The molecule has 0 aliphatic heterocycles. The molecule has 0 N–H and O–H groups in total. The fourth-order valence-electron chi connectivity index (χ4n) is 1.21. The molecule has 0 saturated heterocycles. The van der Waals surface area contributed by atoms with E-state index in [9.17, 15) is 4.79 Å². The quantitative estimate of drug-likeness (QED) is 0.776. The topological polar surface area (TPSA) is 39.2 Å². The lowest BCUT2D eigenvalue weighted by Gasteiger charge is -2.18. The zero-order valence-corrected chi connectivity index (χ0v) is 11.5. The smallest absolute Gasteiger partial charge is 0.358 e. The monoisotopic (exact) mass is 267 g/mol. The second kappa shape index (κ2) is 4.58. The van der Waals surface area contributed by atoms with Crippen LogP contribution in [0.15, 0.2) is 22.9 Å². The average Bonchev–Trinajstić information content (AvgIpc) is 2.86. The van der Waals surface area contributed by atoms with E-state index in [1.165, 1.54) is 11.3 Å². The minimum Gasteiger partial charge on any atom is -0.455 e. The van der Waals surface area contributed by atoms with E-state index in [4.69, 9.17) is 4.74 Å². The fraction of sp³-hybridized carbons (Fsp3) is 0.333. The first-order chi connectivity index (χ1) is 7.96. The molecule has 2 heterocycles. The maximum atomic E-state index is 11.8. The highest BCUT2D eigenvalue weighted by Crippen LogP contribution is 2.28. The molecule has 0 amide bonds. The van der Waals surface area contributed by atoms with E-state index in [0.29, 0.717) is 5.69 Å². The number of esters is 1. The Kier molecular flexibility index (Phi) is 3.31. The second-order valence-electron chi connectivity index (χ2n) is 4.52. The SMILES string of the molecule is CC(C)(C)OC(=O)c1csc(-c2cccs2)n1. The van der Waals surface area contributed by atoms with Gasteiger partial charge in [-0.1, -0.05) is 6.07 Å². The third-order valence-electron chi connectivity index (χ3n) is 1.84. The normalized spacial score (nSPS) is 11.5. The second-order valence-corrected chi connectivity index (χ2v) is 6.32. The van der Waals surface area contributed by atoms with Gasteiger partial charge in [-0.25, -0.2) is 9.78 Å². The maximum absolute atomic E-state index is 11.8. The van der Waals surface area contributed by atoms with Gasteiger partial charge in [0, 0.05) is 5.38 Å². The summed E-state index contributed by atoms with van der Waals surface area (Å²) in [5.41, 5.74) is -0.0996. The van der Waals surface area contributed by atoms with Crippen molar-refractivity contribution in [3.8, 4) is 9.88 Å². The molecule has 0 aliphatic rings. The minimum atomic E-state index is -0.482. The molecular formula is C12H13NO2S2. The first-order valence-electron chi connectivity index (χ1n) is 5.18. The zero-order valence-electron chi connectivity index (χ0n) is 9.89. The van der Waals surface area contributed by atoms with E-state index < -0.39 is 5.60 Å². The van der Waals surface area contributed by atoms with Crippen molar-refractivity contribution in [2.24, 2.45) is 0 Å². The molecule has 2 aromatic rings. The summed E-state index contributed by atoms with van der Waals surface area (Å²) < 4.78 is 5.26. The lowest BCUT2D eigenvalue weighted by molar-refractivity contribution is 0.00638. The van der Waals surface area contributed by atoms with Gasteiger partial charge in [0.1, 0.15) is 10.6 Å². The minimum absolute atomic E-state index is 0.364. The van der Waals surface area contributed by atoms with Gasteiger partial charge in [0.25, 0.3) is 0 Å². The molecule has 90 valence electrons. The van der Waals surface area contributed by atoms with Gasteiger partial charge in [-0.15, -0.1) is 22.7 Å². The summed E-state index contributed by atoms with van der Waals surface area (Å²) in [5, 5.41) is 4.59. The Morgan fingerprint density at radius 2 is 2.12 bits per heavy atom.